The molecule has 0 bridgehead atoms. The first-order chi connectivity index (χ1) is 3.83. The van der Waals surface area contributed by atoms with Gasteiger partial charge in [-0.3, -0.25) is 0 Å². The first-order valence-electron chi connectivity index (χ1n) is 3.05. The van der Waals surface area contributed by atoms with Crippen LogP contribution in [0.5, 0.6) is 0 Å². The van der Waals surface area contributed by atoms with Crippen molar-refractivity contribution in [2.24, 2.45) is 5.92 Å². The predicted molar refractivity (Wildman–Crippen MR) is 37.1 cm³/mol. The summed E-state index contributed by atoms with van der Waals surface area (Å²) in [5.41, 5.74) is 0. The molecule has 0 aromatic rings. The molecule has 1 fully saturated rings. The molecule has 0 aromatic carbocycles. The maximum absolute atomic E-state index is 8.66. The minimum absolute atomic E-state index is 0.370. The summed E-state index contributed by atoms with van der Waals surface area (Å²) < 4.78 is 0. The van der Waals surface area contributed by atoms with Crippen molar-refractivity contribution in [1.29, 1.82) is 0 Å². The van der Waals surface area contributed by atoms with E-state index in [1.165, 1.54) is 12.2 Å². The van der Waals surface area contributed by atoms with Crippen LogP contribution in [0.3, 0.4) is 0 Å². The van der Waals surface area contributed by atoms with E-state index in [0.717, 1.165) is 5.92 Å². The van der Waals surface area contributed by atoms with Crippen LogP contribution in [0.25, 0.3) is 0 Å². The largest absolute Gasteiger partial charge is 0.395 e. The van der Waals surface area contributed by atoms with Crippen LogP contribution in [0, 0.1) is 5.92 Å². The topological polar surface area (TPSA) is 20.2 Å². The van der Waals surface area contributed by atoms with Gasteiger partial charge in [-0.1, -0.05) is 6.92 Å². The fourth-order valence-corrected chi connectivity index (χ4v) is 2.32. The van der Waals surface area contributed by atoms with Crippen LogP contribution in [0.1, 0.15) is 13.3 Å². The Morgan fingerprint density at radius 3 is 2.75 bits per heavy atom. The number of hydrogen-bond donors (Lipinski definition) is 1. The molecule has 0 aromatic heterocycles. The van der Waals surface area contributed by atoms with Gasteiger partial charge in [0.15, 0.2) is 0 Å². The molecule has 1 N–H and O–H groups in total. The highest BCUT2D eigenvalue weighted by molar-refractivity contribution is 8.00. The molecule has 48 valence electrons. The van der Waals surface area contributed by atoms with Gasteiger partial charge in [0, 0.05) is 5.25 Å². The quantitative estimate of drug-likeness (QED) is 0.577. The Bertz CT molecular complexity index is 74.9. The van der Waals surface area contributed by atoms with Gasteiger partial charge < -0.3 is 5.11 Å². The number of aliphatic hydroxyl groups excluding tert-OH is 1. The fraction of sp³-hybridized carbons (Fsp3) is 1.00. The summed E-state index contributed by atoms with van der Waals surface area (Å²) in [6.07, 6.45) is 1.21. The van der Waals surface area contributed by atoms with Gasteiger partial charge in [-0.15, -0.1) is 0 Å². The molecule has 0 amide bonds. The van der Waals surface area contributed by atoms with Crippen LogP contribution < -0.4 is 0 Å². The molecule has 2 atom stereocenters. The summed E-state index contributed by atoms with van der Waals surface area (Å²) in [7, 11) is 0. The summed E-state index contributed by atoms with van der Waals surface area (Å²) in [5, 5.41) is 9.21. The molecule has 1 heterocycles. The van der Waals surface area contributed by atoms with E-state index in [9.17, 15) is 0 Å². The zero-order valence-electron chi connectivity index (χ0n) is 5.13. The molecule has 2 heteroatoms. The lowest BCUT2D eigenvalue weighted by atomic mass is 10.1. The van der Waals surface area contributed by atoms with Gasteiger partial charge in [0.1, 0.15) is 0 Å². The van der Waals surface area contributed by atoms with Gasteiger partial charge in [-0.2, -0.15) is 11.8 Å². The highest BCUT2D eigenvalue weighted by Gasteiger charge is 2.20. The van der Waals surface area contributed by atoms with Gasteiger partial charge in [0.2, 0.25) is 0 Å². The van der Waals surface area contributed by atoms with Crippen LogP contribution in [0.2, 0.25) is 0 Å². The Morgan fingerprint density at radius 2 is 2.50 bits per heavy atom. The number of rotatable bonds is 1. The van der Waals surface area contributed by atoms with E-state index in [-0.39, 0.29) is 0 Å². The number of hydrogen-bond acceptors (Lipinski definition) is 2. The number of thioether (sulfide) groups is 1. The lowest BCUT2D eigenvalue weighted by molar-refractivity contribution is 0.287. The smallest absolute Gasteiger partial charge is 0.0550 e. The average Bonchev–Trinajstić information content (AvgIpc) is 2.14. The predicted octanol–water partition coefficient (Wildman–Crippen LogP) is 1.12. The first kappa shape index (κ1) is 6.43. The van der Waals surface area contributed by atoms with Crippen molar-refractivity contribution in [3.8, 4) is 0 Å². The summed E-state index contributed by atoms with van der Waals surface area (Å²) in [6, 6.07) is 0. The third-order valence-electron chi connectivity index (χ3n) is 1.49. The zero-order chi connectivity index (χ0) is 5.98. The van der Waals surface area contributed by atoms with E-state index in [4.69, 9.17) is 5.11 Å². The first-order valence-corrected chi connectivity index (χ1v) is 4.10. The maximum atomic E-state index is 8.66. The van der Waals surface area contributed by atoms with Gasteiger partial charge in [0.05, 0.1) is 6.61 Å². The second kappa shape index (κ2) is 2.74. The normalized spacial score (nSPS) is 38.2. The Balaban J connectivity index is 2.22. The summed E-state index contributed by atoms with van der Waals surface area (Å²) in [4.78, 5) is 0. The molecule has 1 saturated heterocycles. The minimum atomic E-state index is 0.370. The van der Waals surface area contributed by atoms with Gasteiger partial charge in [-0.25, -0.2) is 0 Å². The highest BCUT2D eigenvalue weighted by atomic mass is 32.2. The molecule has 0 spiro atoms. The van der Waals surface area contributed by atoms with Crippen molar-refractivity contribution in [3.63, 3.8) is 0 Å². The van der Waals surface area contributed by atoms with Crippen molar-refractivity contribution in [2.75, 3.05) is 12.4 Å². The lowest BCUT2D eigenvalue weighted by Gasteiger charge is -2.00. The van der Waals surface area contributed by atoms with E-state index >= 15 is 0 Å². The van der Waals surface area contributed by atoms with Crippen LogP contribution in [-0.4, -0.2) is 22.7 Å². The molecule has 0 saturated carbocycles. The Labute approximate surface area is 54.5 Å². The molecule has 8 heavy (non-hydrogen) atoms. The SMILES string of the molecule is CC1CS[C@H](CO)C1. The van der Waals surface area contributed by atoms with E-state index in [2.05, 4.69) is 6.92 Å². The van der Waals surface area contributed by atoms with Crippen molar-refractivity contribution in [3.05, 3.63) is 0 Å². The average molecular weight is 132 g/mol. The van der Waals surface area contributed by atoms with Crippen LogP contribution in [0.15, 0.2) is 0 Å². The second-order valence-electron chi connectivity index (χ2n) is 2.48. The molecule has 1 nitrogen and oxygen atoms in total. The lowest BCUT2D eigenvalue weighted by Crippen LogP contribution is -2.03. The fourth-order valence-electron chi connectivity index (χ4n) is 1.01. The van der Waals surface area contributed by atoms with E-state index in [1.807, 2.05) is 11.8 Å². The monoisotopic (exact) mass is 132 g/mol. The van der Waals surface area contributed by atoms with Gasteiger partial charge in [-0.05, 0) is 18.1 Å². The van der Waals surface area contributed by atoms with E-state index < -0.39 is 0 Å². The molecular weight excluding hydrogens is 120 g/mol. The Hall–Kier alpha value is 0.310. The van der Waals surface area contributed by atoms with Crippen molar-refractivity contribution >= 4 is 11.8 Å². The molecule has 1 aliphatic heterocycles. The Morgan fingerprint density at radius 1 is 1.75 bits per heavy atom. The van der Waals surface area contributed by atoms with Crippen molar-refractivity contribution < 1.29 is 5.11 Å². The van der Waals surface area contributed by atoms with Gasteiger partial charge >= 0.3 is 0 Å². The molecule has 0 aliphatic carbocycles. The zero-order valence-corrected chi connectivity index (χ0v) is 5.95. The third kappa shape index (κ3) is 1.39. The molecular formula is C6H12OS. The molecule has 1 rings (SSSR count). The third-order valence-corrected chi connectivity index (χ3v) is 3.06. The standard InChI is InChI=1S/C6H12OS/c1-5-2-6(3-7)8-4-5/h5-7H,2-4H2,1H3/t5?,6-/m0/s1. The molecule has 0 radical (unpaired) electrons. The van der Waals surface area contributed by atoms with Crippen LogP contribution >= 0.6 is 11.8 Å². The second-order valence-corrected chi connectivity index (χ2v) is 3.81. The minimum Gasteiger partial charge on any atom is -0.395 e. The van der Waals surface area contributed by atoms with Crippen LogP contribution in [-0.2, 0) is 0 Å². The van der Waals surface area contributed by atoms with Crippen molar-refractivity contribution in [2.45, 2.75) is 18.6 Å². The van der Waals surface area contributed by atoms with E-state index in [1.54, 1.807) is 0 Å². The summed E-state index contributed by atoms with van der Waals surface area (Å²) in [6.45, 7) is 2.61. The molecule has 1 aliphatic rings. The van der Waals surface area contributed by atoms with Crippen LogP contribution in [0.4, 0.5) is 0 Å². The van der Waals surface area contributed by atoms with E-state index in [0.29, 0.717) is 11.9 Å². The highest BCUT2D eigenvalue weighted by Crippen LogP contribution is 2.29. The number of aliphatic hydroxyl groups is 1. The van der Waals surface area contributed by atoms with Gasteiger partial charge in [0.25, 0.3) is 0 Å². The maximum Gasteiger partial charge on any atom is 0.0550 e. The summed E-state index contributed by atoms with van der Waals surface area (Å²) >= 11 is 1.90. The van der Waals surface area contributed by atoms with Crippen molar-refractivity contribution in [1.82, 2.24) is 0 Å². The molecule has 1 unspecified atom stereocenters. The summed E-state index contributed by atoms with van der Waals surface area (Å²) in [5.74, 6) is 2.07. The Kier molecular flexibility index (Phi) is 2.20.